The van der Waals surface area contributed by atoms with E-state index in [0.717, 1.165) is 29.4 Å². The number of aryl methyl sites for hydroxylation is 1. The summed E-state index contributed by atoms with van der Waals surface area (Å²) in [5.41, 5.74) is 1.89. The van der Waals surface area contributed by atoms with E-state index in [2.05, 4.69) is 12.0 Å². The molecule has 0 aliphatic carbocycles. The molecule has 102 valence electrons. The van der Waals surface area contributed by atoms with E-state index in [9.17, 15) is 4.79 Å². The van der Waals surface area contributed by atoms with Crippen LogP contribution in [0.5, 0.6) is 0 Å². The van der Waals surface area contributed by atoms with Crippen LogP contribution in [0.3, 0.4) is 0 Å². The normalized spacial score (nSPS) is 12.8. The Morgan fingerprint density at radius 2 is 2.16 bits per heavy atom. The van der Waals surface area contributed by atoms with Gasteiger partial charge in [0.2, 0.25) is 0 Å². The zero-order chi connectivity index (χ0) is 13.8. The summed E-state index contributed by atoms with van der Waals surface area (Å²) < 4.78 is 7.08. The lowest BCUT2D eigenvalue weighted by Crippen LogP contribution is -2.24. The SMILES string of the molecule is CCCC(OC)C(=O)Cc1nn(C)c2ccccc12. The molecule has 0 amide bonds. The van der Waals surface area contributed by atoms with Crippen molar-refractivity contribution in [2.75, 3.05) is 7.11 Å². The Balaban J connectivity index is 2.24. The van der Waals surface area contributed by atoms with Gasteiger partial charge in [0.25, 0.3) is 0 Å². The maximum atomic E-state index is 12.2. The average molecular weight is 260 g/mol. The molecule has 1 aromatic carbocycles. The van der Waals surface area contributed by atoms with E-state index in [4.69, 9.17) is 4.74 Å². The maximum absolute atomic E-state index is 12.2. The highest BCUT2D eigenvalue weighted by atomic mass is 16.5. The van der Waals surface area contributed by atoms with Gasteiger partial charge < -0.3 is 4.74 Å². The Kier molecular flexibility index (Phi) is 4.32. The summed E-state index contributed by atoms with van der Waals surface area (Å²) in [5.74, 6) is 0.105. The summed E-state index contributed by atoms with van der Waals surface area (Å²) in [6, 6.07) is 7.96. The molecule has 4 nitrogen and oxygen atoms in total. The molecule has 0 radical (unpaired) electrons. The second kappa shape index (κ2) is 5.97. The Morgan fingerprint density at radius 1 is 1.42 bits per heavy atom. The zero-order valence-electron chi connectivity index (χ0n) is 11.7. The molecule has 4 heteroatoms. The third kappa shape index (κ3) is 2.84. The van der Waals surface area contributed by atoms with Gasteiger partial charge in [-0.05, 0) is 12.5 Å². The number of para-hydroxylation sites is 1. The van der Waals surface area contributed by atoms with Crippen LogP contribution < -0.4 is 0 Å². The number of hydrogen-bond acceptors (Lipinski definition) is 3. The number of ether oxygens (including phenoxy) is 1. The van der Waals surface area contributed by atoms with Crippen LogP contribution in [-0.4, -0.2) is 28.8 Å². The molecule has 19 heavy (non-hydrogen) atoms. The van der Waals surface area contributed by atoms with Crippen molar-refractivity contribution in [3.8, 4) is 0 Å². The molecule has 2 aromatic rings. The predicted molar refractivity (Wildman–Crippen MR) is 75.1 cm³/mol. The molecule has 1 atom stereocenters. The molecule has 1 unspecified atom stereocenters. The van der Waals surface area contributed by atoms with Crippen LogP contribution >= 0.6 is 0 Å². The molecule has 0 fully saturated rings. The fourth-order valence-corrected chi connectivity index (χ4v) is 2.37. The van der Waals surface area contributed by atoms with Gasteiger partial charge in [-0.2, -0.15) is 5.10 Å². The first kappa shape index (κ1) is 13.7. The summed E-state index contributed by atoms with van der Waals surface area (Å²) in [4.78, 5) is 12.2. The van der Waals surface area contributed by atoms with E-state index in [1.165, 1.54) is 0 Å². The first-order valence-corrected chi connectivity index (χ1v) is 6.63. The molecular weight excluding hydrogens is 240 g/mol. The number of carbonyl (C=O) groups is 1. The number of nitrogens with zero attached hydrogens (tertiary/aromatic N) is 2. The van der Waals surface area contributed by atoms with Crippen LogP contribution in [0.15, 0.2) is 24.3 Å². The topological polar surface area (TPSA) is 44.1 Å². The minimum Gasteiger partial charge on any atom is -0.374 e. The molecule has 0 saturated heterocycles. The summed E-state index contributed by atoms with van der Waals surface area (Å²) in [5, 5.41) is 5.49. The van der Waals surface area contributed by atoms with Crippen molar-refractivity contribution in [1.82, 2.24) is 9.78 Å². The standard InChI is InChI=1S/C15H20N2O2/c1-4-7-15(19-3)14(18)10-12-11-8-5-6-9-13(11)17(2)16-12/h5-6,8-9,15H,4,7,10H2,1-3H3. The molecule has 0 N–H and O–H groups in total. The van der Waals surface area contributed by atoms with Crippen LogP contribution in [0.4, 0.5) is 0 Å². The summed E-state index contributed by atoms with van der Waals surface area (Å²) >= 11 is 0. The van der Waals surface area contributed by atoms with Gasteiger partial charge in [0.1, 0.15) is 6.10 Å². The number of hydrogen-bond donors (Lipinski definition) is 0. The maximum Gasteiger partial charge on any atom is 0.167 e. The van der Waals surface area contributed by atoms with Gasteiger partial charge >= 0.3 is 0 Å². The fraction of sp³-hybridized carbons (Fsp3) is 0.467. The van der Waals surface area contributed by atoms with Gasteiger partial charge in [-0.1, -0.05) is 31.5 Å². The fourth-order valence-electron chi connectivity index (χ4n) is 2.37. The van der Waals surface area contributed by atoms with Crippen molar-refractivity contribution < 1.29 is 9.53 Å². The second-order valence-corrected chi connectivity index (χ2v) is 4.74. The van der Waals surface area contributed by atoms with E-state index >= 15 is 0 Å². The monoisotopic (exact) mass is 260 g/mol. The van der Waals surface area contributed by atoms with Crippen molar-refractivity contribution in [3.05, 3.63) is 30.0 Å². The molecule has 1 aromatic heterocycles. The number of rotatable bonds is 6. The Morgan fingerprint density at radius 3 is 2.84 bits per heavy atom. The Labute approximate surface area is 113 Å². The highest BCUT2D eigenvalue weighted by Crippen LogP contribution is 2.19. The van der Waals surface area contributed by atoms with Crippen LogP contribution in [0.2, 0.25) is 0 Å². The van der Waals surface area contributed by atoms with Crippen molar-refractivity contribution in [2.45, 2.75) is 32.3 Å². The Bertz CT molecular complexity index is 575. The molecule has 2 rings (SSSR count). The first-order chi connectivity index (χ1) is 9.17. The van der Waals surface area contributed by atoms with Gasteiger partial charge in [0.05, 0.1) is 17.6 Å². The third-order valence-electron chi connectivity index (χ3n) is 3.37. The summed E-state index contributed by atoms with van der Waals surface area (Å²) in [6.45, 7) is 2.05. The van der Waals surface area contributed by atoms with Gasteiger partial charge in [0.15, 0.2) is 5.78 Å². The van der Waals surface area contributed by atoms with E-state index in [1.54, 1.807) is 7.11 Å². The highest BCUT2D eigenvalue weighted by molar-refractivity contribution is 5.90. The molecule has 1 heterocycles. The summed E-state index contributed by atoms with van der Waals surface area (Å²) in [7, 11) is 3.49. The van der Waals surface area contributed by atoms with Crippen molar-refractivity contribution in [3.63, 3.8) is 0 Å². The second-order valence-electron chi connectivity index (χ2n) is 4.74. The van der Waals surface area contributed by atoms with E-state index in [-0.39, 0.29) is 11.9 Å². The van der Waals surface area contributed by atoms with Crippen LogP contribution in [0.25, 0.3) is 10.9 Å². The average Bonchev–Trinajstić information content (AvgIpc) is 2.73. The number of methoxy groups -OCH3 is 1. The van der Waals surface area contributed by atoms with E-state index in [1.807, 2.05) is 36.0 Å². The van der Waals surface area contributed by atoms with E-state index in [0.29, 0.717) is 6.42 Å². The number of carbonyl (C=O) groups excluding carboxylic acids is 1. The smallest absolute Gasteiger partial charge is 0.167 e. The zero-order valence-corrected chi connectivity index (χ0v) is 11.7. The third-order valence-corrected chi connectivity index (χ3v) is 3.37. The van der Waals surface area contributed by atoms with Gasteiger partial charge in [-0.25, -0.2) is 0 Å². The highest BCUT2D eigenvalue weighted by Gasteiger charge is 2.19. The number of benzene rings is 1. The minimum atomic E-state index is -0.314. The van der Waals surface area contributed by atoms with Gasteiger partial charge in [-0.3, -0.25) is 9.48 Å². The largest absolute Gasteiger partial charge is 0.374 e. The Hall–Kier alpha value is -1.68. The minimum absolute atomic E-state index is 0.105. The van der Waals surface area contributed by atoms with Crippen molar-refractivity contribution >= 4 is 16.7 Å². The van der Waals surface area contributed by atoms with Gasteiger partial charge in [0, 0.05) is 19.5 Å². The van der Waals surface area contributed by atoms with Crippen LogP contribution in [0.1, 0.15) is 25.5 Å². The summed E-state index contributed by atoms with van der Waals surface area (Å²) in [6.07, 6.45) is 1.72. The number of aromatic nitrogens is 2. The molecule has 0 spiro atoms. The molecular formula is C15H20N2O2. The van der Waals surface area contributed by atoms with Gasteiger partial charge in [-0.15, -0.1) is 0 Å². The molecule has 0 aliphatic heterocycles. The van der Waals surface area contributed by atoms with Crippen molar-refractivity contribution in [2.24, 2.45) is 7.05 Å². The predicted octanol–water partition coefficient (Wildman–Crippen LogP) is 2.50. The lowest BCUT2D eigenvalue weighted by Gasteiger charge is -2.12. The number of ketones is 1. The number of fused-ring (bicyclic) bond motifs is 1. The first-order valence-electron chi connectivity index (χ1n) is 6.63. The molecule has 0 aliphatic rings. The van der Waals surface area contributed by atoms with Crippen LogP contribution in [0, 0.1) is 0 Å². The van der Waals surface area contributed by atoms with Crippen LogP contribution in [-0.2, 0) is 23.0 Å². The van der Waals surface area contributed by atoms with Crippen molar-refractivity contribution in [1.29, 1.82) is 0 Å². The molecule has 0 saturated carbocycles. The van der Waals surface area contributed by atoms with E-state index < -0.39 is 0 Å². The number of Topliss-reactive ketones (excluding diaryl/α,β-unsaturated/α-hetero) is 1. The quantitative estimate of drug-likeness (QED) is 0.801. The lowest BCUT2D eigenvalue weighted by molar-refractivity contribution is -0.128. The lowest BCUT2D eigenvalue weighted by atomic mass is 10.0. The molecule has 0 bridgehead atoms.